The van der Waals surface area contributed by atoms with Crippen molar-refractivity contribution in [3.63, 3.8) is 0 Å². The van der Waals surface area contributed by atoms with Crippen LogP contribution >= 0.6 is 0 Å². The standard InChI is InChI=1S/C31H40FN7O2/c1-3-15-37(29-22-27(29)23-6-10-25(32)11-7-23)16-4-5-28(31(41)38-20-18-36(2)19-21-38)34-30(40)24-8-12-26(13-9-24)39-17-14-33-35-39/h3,6-14,17,27-29,33,35H,1,4-5,15-16,18-22H2,2H3,(H,34,40)/t27-,28-,29+/m0/s1. The zero-order valence-corrected chi connectivity index (χ0v) is 23.6. The van der Waals surface area contributed by atoms with Gasteiger partial charge in [-0.3, -0.25) is 19.5 Å². The second kappa shape index (κ2) is 13.3. The zero-order valence-electron chi connectivity index (χ0n) is 23.6. The molecule has 218 valence electrons. The first-order chi connectivity index (χ1) is 19.9. The van der Waals surface area contributed by atoms with Gasteiger partial charge in [0, 0.05) is 62.6 Å². The van der Waals surface area contributed by atoms with Crippen molar-refractivity contribution in [2.45, 2.75) is 37.3 Å². The fourth-order valence-electron chi connectivity index (χ4n) is 5.64. The van der Waals surface area contributed by atoms with Crippen LogP contribution < -0.4 is 21.3 Å². The minimum absolute atomic E-state index is 0.0218. The van der Waals surface area contributed by atoms with E-state index in [0.29, 0.717) is 37.0 Å². The number of benzene rings is 2. The number of carbonyl (C=O) groups excluding carboxylic acids is 2. The Morgan fingerprint density at radius 1 is 1.12 bits per heavy atom. The number of hydrazine groups is 2. The highest BCUT2D eigenvalue weighted by molar-refractivity contribution is 5.97. The summed E-state index contributed by atoms with van der Waals surface area (Å²) in [6, 6.07) is 13.8. The van der Waals surface area contributed by atoms with Gasteiger partial charge in [-0.05, 0) is 74.8 Å². The summed E-state index contributed by atoms with van der Waals surface area (Å²) in [4.78, 5) is 33.4. The first-order valence-corrected chi connectivity index (χ1v) is 14.4. The molecule has 10 heteroatoms. The predicted molar refractivity (Wildman–Crippen MR) is 158 cm³/mol. The van der Waals surface area contributed by atoms with Gasteiger partial charge in [0.25, 0.3) is 5.91 Å². The normalized spacial score (nSPS) is 21.0. The smallest absolute Gasteiger partial charge is 0.251 e. The minimum Gasteiger partial charge on any atom is -0.340 e. The molecule has 1 saturated carbocycles. The van der Waals surface area contributed by atoms with Gasteiger partial charge in [0.05, 0.1) is 5.69 Å². The third kappa shape index (κ3) is 7.32. The average Bonchev–Trinajstić information content (AvgIpc) is 3.59. The minimum atomic E-state index is -0.601. The molecule has 2 amide bonds. The Balaban J connectivity index is 1.21. The van der Waals surface area contributed by atoms with Gasteiger partial charge in [-0.2, -0.15) is 0 Å². The predicted octanol–water partition coefficient (Wildman–Crippen LogP) is 2.82. The number of nitrogens with zero attached hydrogens (tertiary/aromatic N) is 4. The van der Waals surface area contributed by atoms with Crippen LogP contribution in [0, 0.1) is 5.82 Å². The van der Waals surface area contributed by atoms with E-state index >= 15 is 0 Å². The van der Waals surface area contributed by atoms with Crippen LogP contribution in [0.1, 0.15) is 41.1 Å². The van der Waals surface area contributed by atoms with Crippen molar-refractivity contribution < 1.29 is 14.0 Å². The molecule has 0 bridgehead atoms. The maximum Gasteiger partial charge on any atom is 0.251 e. The summed E-state index contributed by atoms with van der Waals surface area (Å²) in [5.41, 5.74) is 8.40. The quantitative estimate of drug-likeness (QED) is 0.344. The maximum atomic E-state index is 13.6. The molecule has 2 fully saturated rings. The van der Waals surface area contributed by atoms with Gasteiger partial charge in [0.15, 0.2) is 0 Å². The Kier molecular flexibility index (Phi) is 9.33. The molecule has 1 saturated heterocycles. The van der Waals surface area contributed by atoms with E-state index in [1.165, 1.54) is 12.1 Å². The van der Waals surface area contributed by atoms with E-state index in [0.717, 1.165) is 50.3 Å². The van der Waals surface area contributed by atoms with Crippen LogP contribution in [0.15, 0.2) is 73.6 Å². The highest BCUT2D eigenvalue weighted by atomic mass is 19.1. The number of halogens is 1. The van der Waals surface area contributed by atoms with Gasteiger partial charge in [0.2, 0.25) is 5.91 Å². The van der Waals surface area contributed by atoms with Gasteiger partial charge in [-0.15, -0.1) is 12.1 Å². The molecule has 2 aromatic carbocycles. The van der Waals surface area contributed by atoms with Crippen LogP contribution in [0.5, 0.6) is 0 Å². The molecule has 0 spiro atoms. The third-order valence-electron chi connectivity index (χ3n) is 8.14. The Morgan fingerprint density at radius 2 is 1.85 bits per heavy atom. The van der Waals surface area contributed by atoms with Crippen molar-refractivity contribution in [1.82, 2.24) is 31.0 Å². The van der Waals surface area contributed by atoms with E-state index in [1.807, 2.05) is 41.4 Å². The van der Waals surface area contributed by atoms with E-state index in [-0.39, 0.29) is 17.6 Å². The first kappa shape index (κ1) is 28.8. The van der Waals surface area contributed by atoms with Crippen LogP contribution in [0.2, 0.25) is 0 Å². The number of rotatable bonds is 12. The van der Waals surface area contributed by atoms with Gasteiger partial charge in [-0.25, -0.2) is 4.39 Å². The van der Waals surface area contributed by atoms with Crippen molar-refractivity contribution in [1.29, 1.82) is 0 Å². The van der Waals surface area contributed by atoms with Crippen molar-refractivity contribution in [2.75, 3.05) is 51.3 Å². The zero-order chi connectivity index (χ0) is 28.8. The Morgan fingerprint density at radius 3 is 2.51 bits per heavy atom. The van der Waals surface area contributed by atoms with E-state index in [2.05, 4.69) is 39.7 Å². The topological polar surface area (TPSA) is 83.2 Å². The second-order valence-electron chi connectivity index (χ2n) is 11.0. The van der Waals surface area contributed by atoms with Crippen LogP contribution in [-0.4, -0.2) is 84.9 Å². The molecule has 3 aliphatic rings. The Labute approximate surface area is 241 Å². The summed E-state index contributed by atoms with van der Waals surface area (Å²) in [5, 5.41) is 4.85. The number of carbonyl (C=O) groups is 2. The molecule has 2 aromatic rings. The van der Waals surface area contributed by atoms with E-state index in [1.54, 1.807) is 23.3 Å². The Hall–Kier alpha value is -3.73. The summed E-state index contributed by atoms with van der Waals surface area (Å²) in [6.45, 7) is 8.42. The van der Waals surface area contributed by atoms with Crippen molar-refractivity contribution in [3.8, 4) is 0 Å². The van der Waals surface area contributed by atoms with Gasteiger partial charge < -0.3 is 20.5 Å². The number of hydrogen-bond acceptors (Lipinski definition) is 7. The molecule has 2 aliphatic heterocycles. The maximum absolute atomic E-state index is 13.6. The summed E-state index contributed by atoms with van der Waals surface area (Å²) >= 11 is 0. The molecule has 9 nitrogen and oxygen atoms in total. The number of hydrogen-bond donors (Lipinski definition) is 3. The molecule has 3 atom stereocenters. The van der Waals surface area contributed by atoms with Gasteiger partial charge >= 0.3 is 0 Å². The van der Waals surface area contributed by atoms with E-state index in [9.17, 15) is 14.0 Å². The molecular weight excluding hydrogens is 521 g/mol. The fraction of sp³-hybridized carbons (Fsp3) is 0.419. The Bertz CT molecular complexity index is 1230. The molecule has 5 rings (SSSR count). The lowest BCUT2D eigenvalue weighted by atomic mass is 10.1. The highest BCUT2D eigenvalue weighted by Gasteiger charge is 2.42. The van der Waals surface area contributed by atoms with Gasteiger partial charge in [-0.1, -0.05) is 18.2 Å². The van der Waals surface area contributed by atoms with Gasteiger partial charge in [0.1, 0.15) is 11.9 Å². The van der Waals surface area contributed by atoms with Crippen LogP contribution in [-0.2, 0) is 4.79 Å². The summed E-state index contributed by atoms with van der Waals surface area (Å²) in [5.74, 6) is -0.121. The molecular formula is C31H40FN7O2. The van der Waals surface area contributed by atoms with Crippen LogP contribution in [0.3, 0.4) is 0 Å². The second-order valence-corrected chi connectivity index (χ2v) is 11.0. The summed E-state index contributed by atoms with van der Waals surface area (Å²) in [7, 11) is 2.06. The molecule has 2 heterocycles. The highest BCUT2D eigenvalue weighted by Crippen LogP contribution is 2.44. The fourth-order valence-corrected chi connectivity index (χ4v) is 5.64. The molecule has 41 heavy (non-hydrogen) atoms. The molecule has 3 N–H and O–H groups in total. The van der Waals surface area contributed by atoms with Crippen molar-refractivity contribution in [3.05, 3.63) is 90.5 Å². The molecule has 1 aliphatic carbocycles. The third-order valence-corrected chi connectivity index (χ3v) is 8.14. The van der Waals surface area contributed by atoms with E-state index in [4.69, 9.17) is 0 Å². The largest absolute Gasteiger partial charge is 0.340 e. The number of likely N-dealkylation sites (N-methyl/N-ethyl adjacent to an activating group) is 1. The molecule has 0 radical (unpaired) electrons. The van der Waals surface area contributed by atoms with Crippen LogP contribution in [0.4, 0.5) is 10.1 Å². The molecule has 0 aromatic heterocycles. The van der Waals surface area contributed by atoms with Crippen LogP contribution in [0.25, 0.3) is 0 Å². The lowest BCUT2D eigenvalue weighted by Crippen LogP contribution is -2.54. The van der Waals surface area contributed by atoms with Crippen molar-refractivity contribution in [2.24, 2.45) is 0 Å². The average molecular weight is 562 g/mol. The molecule has 0 unspecified atom stereocenters. The number of anilines is 1. The number of amides is 2. The van der Waals surface area contributed by atoms with E-state index < -0.39 is 6.04 Å². The first-order valence-electron chi connectivity index (χ1n) is 14.4. The summed E-state index contributed by atoms with van der Waals surface area (Å²) in [6.07, 6.45) is 7.85. The number of piperazine rings is 1. The lowest BCUT2D eigenvalue weighted by molar-refractivity contribution is -0.135. The lowest BCUT2D eigenvalue weighted by Gasteiger charge is -2.35. The summed E-state index contributed by atoms with van der Waals surface area (Å²) < 4.78 is 13.4. The van der Waals surface area contributed by atoms with Crippen molar-refractivity contribution >= 4 is 17.5 Å². The SMILES string of the molecule is C=CCN(CCC[C@H](NC(=O)c1ccc(N2C=CNN2)cc1)C(=O)N1CCN(C)CC1)[C@@H]1C[C@H]1c1ccc(F)cc1. The number of nitrogens with one attached hydrogen (secondary N) is 3. The monoisotopic (exact) mass is 561 g/mol.